The monoisotopic (exact) mass is 226 g/mol. The molecule has 2 fully saturated rings. The summed E-state index contributed by atoms with van der Waals surface area (Å²) in [6.07, 6.45) is 8.40. The van der Waals surface area contributed by atoms with E-state index in [2.05, 4.69) is 17.3 Å². The van der Waals surface area contributed by atoms with Gasteiger partial charge in [-0.05, 0) is 45.7 Å². The molecule has 2 heterocycles. The van der Waals surface area contributed by atoms with Gasteiger partial charge in [0.15, 0.2) is 0 Å². The predicted molar refractivity (Wildman–Crippen MR) is 66.7 cm³/mol. The van der Waals surface area contributed by atoms with Gasteiger partial charge in [0.25, 0.3) is 0 Å². The van der Waals surface area contributed by atoms with Crippen LogP contribution < -0.4 is 5.32 Å². The lowest BCUT2D eigenvalue weighted by Gasteiger charge is -2.32. The molecule has 0 aromatic heterocycles. The third kappa shape index (κ3) is 3.72. The second kappa shape index (κ2) is 6.58. The first-order valence-corrected chi connectivity index (χ1v) is 6.89. The molecule has 0 radical (unpaired) electrons. The SMILES string of the molecule is CN(CC1CCCCO1)C1CCCCNC1. The van der Waals surface area contributed by atoms with Crippen LogP contribution in [0.25, 0.3) is 0 Å². The molecule has 2 saturated heterocycles. The Kier molecular flexibility index (Phi) is 5.07. The van der Waals surface area contributed by atoms with Crippen molar-refractivity contribution in [3.8, 4) is 0 Å². The Labute approximate surface area is 99.5 Å². The van der Waals surface area contributed by atoms with Crippen LogP contribution in [0.2, 0.25) is 0 Å². The van der Waals surface area contributed by atoms with Crippen molar-refractivity contribution in [1.82, 2.24) is 10.2 Å². The molecule has 2 aliphatic rings. The molecule has 0 saturated carbocycles. The summed E-state index contributed by atoms with van der Waals surface area (Å²) in [4.78, 5) is 2.51. The minimum atomic E-state index is 0.488. The summed E-state index contributed by atoms with van der Waals surface area (Å²) in [5, 5.41) is 3.53. The molecule has 2 aliphatic heterocycles. The van der Waals surface area contributed by atoms with Crippen LogP contribution in [-0.4, -0.2) is 50.3 Å². The molecular formula is C13H26N2O. The fourth-order valence-corrected chi connectivity index (χ4v) is 2.80. The highest BCUT2D eigenvalue weighted by Crippen LogP contribution is 2.16. The fourth-order valence-electron chi connectivity index (χ4n) is 2.80. The Bertz CT molecular complexity index is 184. The number of nitrogens with one attached hydrogen (secondary N) is 1. The maximum Gasteiger partial charge on any atom is 0.0702 e. The van der Waals surface area contributed by atoms with Gasteiger partial charge in [-0.15, -0.1) is 0 Å². The molecule has 94 valence electrons. The summed E-state index contributed by atoms with van der Waals surface area (Å²) in [5.74, 6) is 0. The van der Waals surface area contributed by atoms with E-state index in [1.54, 1.807) is 0 Å². The molecule has 1 N–H and O–H groups in total. The maximum atomic E-state index is 5.81. The van der Waals surface area contributed by atoms with E-state index in [0.29, 0.717) is 12.1 Å². The quantitative estimate of drug-likeness (QED) is 0.791. The third-order valence-corrected chi connectivity index (χ3v) is 3.91. The molecule has 0 spiro atoms. The number of hydrogen-bond donors (Lipinski definition) is 1. The van der Waals surface area contributed by atoms with Crippen LogP contribution in [0.4, 0.5) is 0 Å². The predicted octanol–water partition coefficient (Wildman–Crippen LogP) is 1.63. The molecule has 2 rings (SSSR count). The van der Waals surface area contributed by atoms with Crippen molar-refractivity contribution in [2.45, 2.75) is 50.7 Å². The number of ether oxygens (including phenoxy) is 1. The van der Waals surface area contributed by atoms with Gasteiger partial charge >= 0.3 is 0 Å². The second-order valence-electron chi connectivity index (χ2n) is 5.28. The molecule has 2 unspecified atom stereocenters. The van der Waals surface area contributed by atoms with Crippen molar-refractivity contribution < 1.29 is 4.74 Å². The lowest BCUT2D eigenvalue weighted by molar-refractivity contribution is -0.00837. The molecule has 2 atom stereocenters. The van der Waals surface area contributed by atoms with Crippen molar-refractivity contribution in [2.75, 3.05) is 33.3 Å². The van der Waals surface area contributed by atoms with Crippen LogP contribution in [0.1, 0.15) is 38.5 Å². The van der Waals surface area contributed by atoms with E-state index in [1.165, 1.54) is 45.1 Å². The lowest BCUT2D eigenvalue weighted by atomic mass is 10.1. The largest absolute Gasteiger partial charge is 0.377 e. The first-order valence-electron chi connectivity index (χ1n) is 6.89. The van der Waals surface area contributed by atoms with E-state index in [9.17, 15) is 0 Å². The highest BCUT2D eigenvalue weighted by atomic mass is 16.5. The molecule has 3 heteroatoms. The van der Waals surface area contributed by atoms with Crippen LogP contribution in [0.3, 0.4) is 0 Å². The van der Waals surface area contributed by atoms with Crippen molar-refractivity contribution in [3.05, 3.63) is 0 Å². The zero-order chi connectivity index (χ0) is 11.2. The van der Waals surface area contributed by atoms with Crippen LogP contribution in [0.5, 0.6) is 0 Å². The fraction of sp³-hybridized carbons (Fsp3) is 1.00. The molecule has 0 aromatic rings. The van der Waals surface area contributed by atoms with Crippen molar-refractivity contribution >= 4 is 0 Å². The van der Waals surface area contributed by atoms with Gasteiger partial charge in [-0.3, -0.25) is 4.90 Å². The Morgan fingerprint density at radius 1 is 1.19 bits per heavy atom. The Balaban J connectivity index is 1.74. The molecular weight excluding hydrogens is 200 g/mol. The van der Waals surface area contributed by atoms with E-state index in [-0.39, 0.29) is 0 Å². The van der Waals surface area contributed by atoms with Crippen LogP contribution in [0.15, 0.2) is 0 Å². The van der Waals surface area contributed by atoms with Gasteiger partial charge in [0.05, 0.1) is 6.10 Å². The second-order valence-corrected chi connectivity index (χ2v) is 5.28. The Morgan fingerprint density at radius 2 is 2.06 bits per heavy atom. The highest BCUT2D eigenvalue weighted by molar-refractivity contribution is 4.77. The van der Waals surface area contributed by atoms with Gasteiger partial charge in [0, 0.05) is 25.7 Å². The van der Waals surface area contributed by atoms with E-state index >= 15 is 0 Å². The highest BCUT2D eigenvalue weighted by Gasteiger charge is 2.21. The third-order valence-electron chi connectivity index (χ3n) is 3.91. The molecule has 0 bridgehead atoms. The van der Waals surface area contributed by atoms with Gasteiger partial charge in [-0.2, -0.15) is 0 Å². The summed E-state index contributed by atoms with van der Waals surface area (Å²) in [5.41, 5.74) is 0. The van der Waals surface area contributed by atoms with Crippen LogP contribution >= 0.6 is 0 Å². The number of hydrogen-bond acceptors (Lipinski definition) is 3. The molecule has 16 heavy (non-hydrogen) atoms. The van der Waals surface area contributed by atoms with E-state index < -0.39 is 0 Å². The van der Waals surface area contributed by atoms with E-state index in [0.717, 1.165) is 19.7 Å². The van der Waals surface area contributed by atoms with E-state index in [4.69, 9.17) is 4.74 Å². The van der Waals surface area contributed by atoms with Gasteiger partial charge < -0.3 is 10.1 Å². The van der Waals surface area contributed by atoms with E-state index in [1.807, 2.05) is 0 Å². The molecule has 3 nitrogen and oxygen atoms in total. The van der Waals surface area contributed by atoms with Gasteiger partial charge in [-0.25, -0.2) is 0 Å². The van der Waals surface area contributed by atoms with Crippen LogP contribution in [0, 0.1) is 0 Å². The Morgan fingerprint density at radius 3 is 2.88 bits per heavy atom. The summed E-state index contributed by atoms with van der Waals surface area (Å²) in [6, 6.07) is 0.716. The zero-order valence-corrected chi connectivity index (χ0v) is 10.6. The normalized spacial score (nSPS) is 32.6. The zero-order valence-electron chi connectivity index (χ0n) is 10.6. The minimum absolute atomic E-state index is 0.488. The number of rotatable bonds is 3. The van der Waals surface area contributed by atoms with Gasteiger partial charge in [-0.1, -0.05) is 6.42 Å². The first kappa shape index (κ1) is 12.3. The van der Waals surface area contributed by atoms with Crippen molar-refractivity contribution in [2.24, 2.45) is 0 Å². The summed E-state index contributed by atoms with van der Waals surface area (Å²) < 4.78 is 5.81. The van der Waals surface area contributed by atoms with Gasteiger partial charge in [0.1, 0.15) is 0 Å². The summed E-state index contributed by atoms with van der Waals surface area (Å²) >= 11 is 0. The summed E-state index contributed by atoms with van der Waals surface area (Å²) in [7, 11) is 2.26. The average molecular weight is 226 g/mol. The topological polar surface area (TPSA) is 24.5 Å². The molecule has 0 aliphatic carbocycles. The molecule has 0 amide bonds. The van der Waals surface area contributed by atoms with Gasteiger partial charge in [0.2, 0.25) is 0 Å². The average Bonchev–Trinajstić information content (AvgIpc) is 2.59. The number of nitrogens with zero attached hydrogens (tertiary/aromatic N) is 1. The number of likely N-dealkylation sites (N-methyl/N-ethyl adjacent to an activating group) is 1. The minimum Gasteiger partial charge on any atom is -0.377 e. The first-order chi connectivity index (χ1) is 7.86. The maximum absolute atomic E-state index is 5.81. The van der Waals surface area contributed by atoms with Crippen molar-refractivity contribution in [1.29, 1.82) is 0 Å². The standard InChI is InChI=1S/C13H26N2O/c1-15(11-13-7-3-5-9-16-13)12-6-2-4-8-14-10-12/h12-14H,2-11H2,1H3. The Hall–Kier alpha value is -0.120. The van der Waals surface area contributed by atoms with Crippen molar-refractivity contribution in [3.63, 3.8) is 0 Å². The molecule has 0 aromatic carbocycles. The smallest absolute Gasteiger partial charge is 0.0702 e. The summed E-state index contributed by atoms with van der Waals surface area (Å²) in [6.45, 7) is 4.45. The van der Waals surface area contributed by atoms with Crippen LogP contribution in [-0.2, 0) is 4.74 Å². The lowest BCUT2D eigenvalue weighted by Crippen LogP contribution is -2.43.